The predicted octanol–water partition coefficient (Wildman–Crippen LogP) is 2.78. The first-order valence-electron chi connectivity index (χ1n) is 6.72. The number of fused-ring (bicyclic) bond motifs is 1. The lowest BCUT2D eigenvalue weighted by molar-refractivity contribution is 0.0982. The van der Waals surface area contributed by atoms with Crippen molar-refractivity contribution in [1.29, 1.82) is 0 Å². The number of sulfonamides is 1. The van der Waals surface area contributed by atoms with Gasteiger partial charge in [-0.25, -0.2) is 8.42 Å². The molecule has 1 heterocycles. The molecule has 0 saturated carbocycles. The summed E-state index contributed by atoms with van der Waals surface area (Å²) in [5, 5.41) is 0. The van der Waals surface area contributed by atoms with Crippen LogP contribution in [0.4, 0.5) is 5.69 Å². The van der Waals surface area contributed by atoms with Gasteiger partial charge in [0.2, 0.25) is 0 Å². The van der Waals surface area contributed by atoms with E-state index >= 15 is 0 Å². The van der Waals surface area contributed by atoms with Crippen molar-refractivity contribution in [3.63, 3.8) is 0 Å². The average molecular weight is 301 g/mol. The lowest BCUT2D eigenvalue weighted by Crippen LogP contribution is -2.37. The summed E-state index contributed by atoms with van der Waals surface area (Å²) < 4.78 is 27.1. The Morgan fingerprint density at radius 1 is 1.00 bits per heavy atom. The molecule has 0 aromatic heterocycles. The van der Waals surface area contributed by atoms with Crippen LogP contribution in [0.5, 0.6) is 0 Å². The van der Waals surface area contributed by atoms with E-state index in [9.17, 15) is 13.2 Å². The minimum absolute atomic E-state index is 0.0122. The topological polar surface area (TPSA) is 54.5 Å². The van der Waals surface area contributed by atoms with Crippen molar-refractivity contribution in [1.82, 2.24) is 0 Å². The number of ketones is 1. The fourth-order valence-corrected chi connectivity index (χ4v) is 4.31. The molecule has 1 aliphatic heterocycles. The van der Waals surface area contributed by atoms with Crippen LogP contribution in [0.25, 0.3) is 0 Å². The van der Waals surface area contributed by atoms with Gasteiger partial charge in [-0.2, -0.15) is 0 Å². The van der Waals surface area contributed by atoms with Gasteiger partial charge in [-0.1, -0.05) is 30.3 Å². The number of aryl methyl sites for hydroxylation is 1. The Morgan fingerprint density at radius 3 is 2.43 bits per heavy atom. The number of para-hydroxylation sites is 1. The number of hydrogen-bond acceptors (Lipinski definition) is 3. The number of carbonyl (C=O) groups is 1. The second kappa shape index (κ2) is 5.00. The highest BCUT2D eigenvalue weighted by Gasteiger charge is 2.32. The Morgan fingerprint density at radius 2 is 1.67 bits per heavy atom. The van der Waals surface area contributed by atoms with Crippen molar-refractivity contribution < 1.29 is 13.2 Å². The Labute approximate surface area is 124 Å². The van der Waals surface area contributed by atoms with Gasteiger partial charge in [0.05, 0.1) is 10.6 Å². The number of hydrogen-bond donors (Lipinski definition) is 0. The Kier molecular flexibility index (Phi) is 3.29. The molecule has 0 saturated heterocycles. The Balaban J connectivity index is 2.16. The molecule has 21 heavy (non-hydrogen) atoms. The molecule has 0 amide bonds. The molecule has 4 nitrogen and oxygen atoms in total. The molecule has 0 spiro atoms. The van der Waals surface area contributed by atoms with E-state index in [1.54, 1.807) is 49.4 Å². The molecule has 0 unspecified atom stereocenters. The zero-order valence-corrected chi connectivity index (χ0v) is 12.4. The van der Waals surface area contributed by atoms with Gasteiger partial charge in [-0.05, 0) is 30.7 Å². The molecule has 0 bridgehead atoms. The van der Waals surface area contributed by atoms with Crippen LogP contribution in [0.2, 0.25) is 0 Å². The summed E-state index contributed by atoms with van der Waals surface area (Å²) in [5.74, 6) is -0.0122. The molecule has 2 aromatic carbocycles. The predicted molar refractivity (Wildman–Crippen MR) is 81.1 cm³/mol. The summed E-state index contributed by atoms with van der Waals surface area (Å²) in [6.45, 7) is 1.96. The number of anilines is 1. The maximum absolute atomic E-state index is 12.9. The van der Waals surface area contributed by atoms with Crippen LogP contribution < -0.4 is 4.31 Å². The van der Waals surface area contributed by atoms with Crippen molar-refractivity contribution in [3.05, 3.63) is 59.7 Å². The monoisotopic (exact) mass is 301 g/mol. The average Bonchev–Trinajstić information content (AvgIpc) is 2.48. The highest BCUT2D eigenvalue weighted by Crippen LogP contribution is 2.32. The number of Topliss-reactive ketones (excluding diaryl/α,β-unsaturated/α-hetero) is 1. The van der Waals surface area contributed by atoms with Gasteiger partial charge in [0, 0.05) is 18.5 Å². The second-order valence-corrected chi connectivity index (χ2v) is 6.86. The van der Waals surface area contributed by atoms with E-state index in [-0.39, 0.29) is 23.6 Å². The number of carbonyl (C=O) groups excluding carboxylic acids is 1. The molecule has 108 valence electrons. The van der Waals surface area contributed by atoms with Gasteiger partial charge in [-0.15, -0.1) is 0 Å². The zero-order valence-electron chi connectivity index (χ0n) is 11.6. The second-order valence-electron chi connectivity index (χ2n) is 5.03. The molecular formula is C16H15NO3S. The van der Waals surface area contributed by atoms with Gasteiger partial charge in [0.1, 0.15) is 0 Å². The molecule has 3 rings (SSSR count). The first kappa shape index (κ1) is 13.8. The van der Waals surface area contributed by atoms with E-state index in [4.69, 9.17) is 0 Å². The first-order chi connectivity index (χ1) is 10.0. The van der Waals surface area contributed by atoms with Crippen LogP contribution in [-0.2, 0) is 10.0 Å². The van der Waals surface area contributed by atoms with Crippen LogP contribution in [0, 0.1) is 6.92 Å². The molecule has 5 heteroatoms. The SMILES string of the molecule is Cc1ccccc1S(=O)(=O)N1CCC(=O)c2ccccc21. The maximum atomic E-state index is 12.9. The van der Waals surface area contributed by atoms with Gasteiger partial charge in [-0.3, -0.25) is 9.10 Å². The van der Waals surface area contributed by atoms with Crippen molar-refractivity contribution in [3.8, 4) is 0 Å². The maximum Gasteiger partial charge on any atom is 0.264 e. The van der Waals surface area contributed by atoms with Crippen molar-refractivity contribution in [2.75, 3.05) is 10.8 Å². The van der Waals surface area contributed by atoms with Gasteiger partial charge >= 0.3 is 0 Å². The van der Waals surface area contributed by atoms with E-state index in [0.29, 0.717) is 16.8 Å². The highest BCUT2D eigenvalue weighted by atomic mass is 32.2. The third-order valence-electron chi connectivity index (χ3n) is 3.68. The third-order valence-corrected chi connectivity index (χ3v) is 5.65. The van der Waals surface area contributed by atoms with Crippen molar-refractivity contribution >= 4 is 21.5 Å². The number of rotatable bonds is 2. The highest BCUT2D eigenvalue weighted by molar-refractivity contribution is 7.92. The quantitative estimate of drug-likeness (QED) is 0.857. The molecule has 0 N–H and O–H groups in total. The molecule has 0 radical (unpaired) electrons. The fourth-order valence-electron chi connectivity index (χ4n) is 2.60. The zero-order chi connectivity index (χ0) is 15.0. The van der Waals surface area contributed by atoms with Gasteiger partial charge < -0.3 is 0 Å². The van der Waals surface area contributed by atoms with E-state index in [2.05, 4.69) is 0 Å². The fraction of sp³-hybridized carbons (Fsp3) is 0.188. The van der Waals surface area contributed by atoms with Crippen LogP contribution >= 0.6 is 0 Å². The Bertz CT molecular complexity index is 812. The van der Waals surface area contributed by atoms with Crippen molar-refractivity contribution in [2.24, 2.45) is 0 Å². The molecule has 0 aliphatic carbocycles. The summed E-state index contributed by atoms with van der Waals surface area (Å²) in [6, 6.07) is 13.7. The Hall–Kier alpha value is -2.14. The lowest BCUT2D eigenvalue weighted by atomic mass is 10.0. The lowest BCUT2D eigenvalue weighted by Gasteiger charge is -2.30. The molecule has 2 aromatic rings. The van der Waals surface area contributed by atoms with Gasteiger partial charge in [0.15, 0.2) is 5.78 Å². The smallest absolute Gasteiger partial charge is 0.264 e. The molecule has 1 aliphatic rings. The number of nitrogens with zero attached hydrogens (tertiary/aromatic N) is 1. The van der Waals surface area contributed by atoms with E-state index in [1.165, 1.54) is 4.31 Å². The van der Waals surface area contributed by atoms with Crippen LogP contribution in [0.3, 0.4) is 0 Å². The number of benzene rings is 2. The summed E-state index contributed by atoms with van der Waals surface area (Å²) >= 11 is 0. The minimum Gasteiger partial charge on any atom is -0.294 e. The standard InChI is InChI=1S/C16H15NO3S/c1-12-6-2-5-9-16(12)21(19,20)17-11-10-15(18)13-7-3-4-8-14(13)17/h2-9H,10-11H2,1H3. The largest absolute Gasteiger partial charge is 0.294 e. The van der Waals surface area contributed by atoms with Crippen LogP contribution in [0.1, 0.15) is 22.3 Å². The first-order valence-corrected chi connectivity index (χ1v) is 8.16. The molecule has 0 atom stereocenters. The normalized spacial score (nSPS) is 14.9. The summed E-state index contributed by atoms with van der Waals surface area (Å²) in [6.07, 6.45) is 0.210. The van der Waals surface area contributed by atoms with Crippen molar-refractivity contribution in [2.45, 2.75) is 18.2 Å². The summed E-state index contributed by atoms with van der Waals surface area (Å²) in [5.41, 5.74) is 1.64. The summed E-state index contributed by atoms with van der Waals surface area (Å²) in [7, 11) is -3.65. The van der Waals surface area contributed by atoms with E-state index in [1.807, 2.05) is 6.07 Å². The van der Waals surface area contributed by atoms with Gasteiger partial charge in [0.25, 0.3) is 10.0 Å². The third kappa shape index (κ3) is 2.23. The van der Waals surface area contributed by atoms with Crippen LogP contribution in [-0.4, -0.2) is 20.7 Å². The molecule has 0 fully saturated rings. The van der Waals surface area contributed by atoms with E-state index in [0.717, 1.165) is 0 Å². The minimum atomic E-state index is -3.65. The van der Waals surface area contributed by atoms with E-state index < -0.39 is 10.0 Å². The molecular weight excluding hydrogens is 286 g/mol. The van der Waals surface area contributed by atoms with Crippen LogP contribution in [0.15, 0.2) is 53.4 Å². The summed E-state index contributed by atoms with van der Waals surface area (Å²) in [4.78, 5) is 12.2.